The molecule has 1 fully saturated rings. The van der Waals surface area contributed by atoms with Crippen molar-refractivity contribution in [3.05, 3.63) is 84.3 Å². The Morgan fingerprint density at radius 1 is 0.949 bits per heavy atom. The van der Waals surface area contributed by atoms with Crippen molar-refractivity contribution >= 4 is 40.2 Å². The first kappa shape index (κ1) is 25.8. The van der Waals surface area contributed by atoms with Crippen LogP contribution in [0, 0.1) is 0 Å². The van der Waals surface area contributed by atoms with Gasteiger partial charge < -0.3 is 29.0 Å². The number of hydrogen-bond acceptors (Lipinski definition) is 8. The summed E-state index contributed by atoms with van der Waals surface area (Å²) in [4.78, 5) is 45.6. The molecule has 1 aliphatic rings. The van der Waals surface area contributed by atoms with Gasteiger partial charge in [0.1, 0.15) is 17.1 Å². The van der Waals surface area contributed by atoms with Gasteiger partial charge in [-0.15, -0.1) is 0 Å². The number of nitrogens with zero attached hydrogens (tertiary/aromatic N) is 3. The van der Waals surface area contributed by atoms with Gasteiger partial charge in [-0.2, -0.15) is 0 Å². The second-order valence-electron chi connectivity index (χ2n) is 8.89. The summed E-state index contributed by atoms with van der Waals surface area (Å²) in [6.45, 7) is 4.20. The van der Waals surface area contributed by atoms with E-state index < -0.39 is 5.97 Å². The standard InChI is InChI=1S/C29H28N4O6/c1-2-37-29(36)21-8-11-22(12-9-21)30-26(34)19-39-23-6-3-5-20-10-13-25(31-27(20)23)32-14-16-33(17-15-32)28(35)24-7-4-18-38-24/h3-13,18H,2,14-17,19H2,1H3,(H,30,34). The Bertz CT molecular complexity index is 1460. The van der Waals surface area contributed by atoms with Crippen molar-refractivity contribution in [2.45, 2.75) is 6.92 Å². The van der Waals surface area contributed by atoms with Crippen LogP contribution in [0.5, 0.6) is 5.75 Å². The van der Waals surface area contributed by atoms with E-state index in [1.54, 1.807) is 54.3 Å². The highest BCUT2D eigenvalue weighted by Crippen LogP contribution is 2.27. The van der Waals surface area contributed by atoms with Crippen LogP contribution in [-0.2, 0) is 9.53 Å². The van der Waals surface area contributed by atoms with E-state index in [0.29, 0.717) is 61.1 Å². The van der Waals surface area contributed by atoms with Crippen molar-refractivity contribution < 1.29 is 28.3 Å². The van der Waals surface area contributed by atoms with E-state index in [-0.39, 0.29) is 18.4 Å². The fourth-order valence-corrected chi connectivity index (χ4v) is 4.34. The van der Waals surface area contributed by atoms with Crippen molar-refractivity contribution in [2.75, 3.05) is 49.6 Å². The number of ether oxygens (including phenoxy) is 2. The van der Waals surface area contributed by atoms with Crippen LogP contribution < -0.4 is 15.0 Å². The van der Waals surface area contributed by atoms with Crippen molar-refractivity contribution in [3.63, 3.8) is 0 Å². The predicted molar refractivity (Wildman–Crippen MR) is 145 cm³/mol. The molecule has 3 heterocycles. The number of pyridine rings is 1. The topological polar surface area (TPSA) is 114 Å². The van der Waals surface area contributed by atoms with E-state index in [0.717, 1.165) is 11.2 Å². The Hall–Kier alpha value is -4.86. The molecule has 2 amide bonds. The third kappa shape index (κ3) is 6.01. The van der Waals surface area contributed by atoms with Crippen molar-refractivity contribution in [2.24, 2.45) is 0 Å². The van der Waals surface area contributed by atoms with Crippen molar-refractivity contribution in [3.8, 4) is 5.75 Å². The number of amides is 2. The average Bonchev–Trinajstić information content (AvgIpc) is 3.51. The van der Waals surface area contributed by atoms with E-state index in [4.69, 9.17) is 18.9 Å². The molecule has 2 aromatic heterocycles. The van der Waals surface area contributed by atoms with Crippen LogP contribution in [0.15, 0.2) is 77.4 Å². The molecular formula is C29H28N4O6. The molecule has 200 valence electrons. The third-order valence-corrected chi connectivity index (χ3v) is 6.33. The Labute approximate surface area is 225 Å². The first-order valence-electron chi connectivity index (χ1n) is 12.7. The summed E-state index contributed by atoms with van der Waals surface area (Å²) in [7, 11) is 0. The fourth-order valence-electron chi connectivity index (χ4n) is 4.34. The summed E-state index contributed by atoms with van der Waals surface area (Å²) < 4.78 is 16.1. The summed E-state index contributed by atoms with van der Waals surface area (Å²) in [5, 5.41) is 3.65. The molecule has 2 aromatic carbocycles. The highest BCUT2D eigenvalue weighted by atomic mass is 16.5. The maximum atomic E-state index is 12.6. The first-order chi connectivity index (χ1) is 19.0. The number of piperazine rings is 1. The summed E-state index contributed by atoms with van der Waals surface area (Å²) >= 11 is 0. The minimum atomic E-state index is -0.411. The zero-order chi connectivity index (χ0) is 27.2. The van der Waals surface area contributed by atoms with Crippen LogP contribution in [0.3, 0.4) is 0 Å². The van der Waals surface area contributed by atoms with Gasteiger partial charge in [0.25, 0.3) is 11.8 Å². The number of esters is 1. The molecule has 0 saturated carbocycles. The molecule has 0 bridgehead atoms. The molecule has 10 nitrogen and oxygen atoms in total. The highest BCUT2D eigenvalue weighted by molar-refractivity contribution is 5.94. The fraction of sp³-hybridized carbons (Fsp3) is 0.241. The molecule has 0 unspecified atom stereocenters. The number of hydrogen-bond donors (Lipinski definition) is 1. The van der Waals surface area contributed by atoms with Crippen LogP contribution in [0.4, 0.5) is 11.5 Å². The monoisotopic (exact) mass is 528 g/mol. The van der Waals surface area contributed by atoms with E-state index in [1.807, 2.05) is 24.3 Å². The number of carbonyl (C=O) groups is 3. The number of fused-ring (bicyclic) bond motifs is 1. The van der Waals surface area contributed by atoms with E-state index >= 15 is 0 Å². The maximum Gasteiger partial charge on any atom is 0.338 e. The van der Waals surface area contributed by atoms with Gasteiger partial charge in [-0.05, 0) is 61.5 Å². The normalized spacial score (nSPS) is 13.3. The number of benzene rings is 2. The van der Waals surface area contributed by atoms with Gasteiger partial charge in [-0.3, -0.25) is 9.59 Å². The minimum absolute atomic E-state index is 0.116. The van der Waals surface area contributed by atoms with Gasteiger partial charge in [-0.1, -0.05) is 12.1 Å². The zero-order valence-electron chi connectivity index (χ0n) is 21.5. The van der Waals surface area contributed by atoms with Crippen molar-refractivity contribution in [1.29, 1.82) is 0 Å². The van der Waals surface area contributed by atoms with Gasteiger partial charge in [0.05, 0.1) is 18.4 Å². The average molecular weight is 529 g/mol. The molecule has 5 rings (SSSR count). The number of carbonyl (C=O) groups excluding carboxylic acids is 3. The number of rotatable bonds is 8. The van der Waals surface area contributed by atoms with E-state index in [1.165, 1.54) is 6.26 Å². The predicted octanol–water partition coefficient (Wildman–Crippen LogP) is 3.98. The first-order valence-corrected chi connectivity index (χ1v) is 12.7. The summed E-state index contributed by atoms with van der Waals surface area (Å²) in [6.07, 6.45) is 1.50. The Balaban J connectivity index is 1.20. The van der Waals surface area contributed by atoms with Crippen LogP contribution >= 0.6 is 0 Å². The van der Waals surface area contributed by atoms with Gasteiger partial charge >= 0.3 is 5.97 Å². The lowest BCUT2D eigenvalue weighted by Crippen LogP contribution is -2.49. The number of aromatic nitrogens is 1. The molecule has 39 heavy (non-hydrogen) atoms. The smallest absolute Gasteiger partial charge is 0.338 e. The summed E-state index contributed by atoms with van der Waals surface area (Å²) in [5.41, 5.74) is 1.60. The second kappa shape index (κ2) is 11.7. The van der Waals surface area contributed by atoms with Crippen LogP contribution in [0.25, 0.3) is 10.9 Å². The Morgan fingerprint density at radius 3 is 2.46 bits per heavy atom. The van der Waals surface area contributed by atoms with E-state index in [2.05, 4.69) is 10.2 Å². The molecule has 1 saturated heterocycles. The second-order valence-corrected chi connectivity index (χ2v) is 8.89. The summed E-state index contributed by atoms with van der Waals surface area (Å²) in [5.74, 6) is 0.737. The number of anilines is 2. The summed E-state index contributed by atoms with van der Waals surface area (Å²) in [6, 6.07) is 19.3. The molecule has 0 radical (unpaired) electrons. The lowest BCUT2D eigenvalue weighted by Gasteiger charge is -2.35. The zero-order valence-corrected chi connectivity index (χ0v) is 21.5. The SMILES string of the molecule is CCOC(=O)c1ccc(NC(=O)COc2cccc3ccc(N4CCN(C(=O)c5ccco5)CC4)nc23)cc1. The molecule has 0 atom stereocenters. The number of nitrogens with one attached hydrogen (secondary N) is 1. The van der Waals surface area contributed by atoms with Gasteiger partial charge in [0.2, 0.25) is 0 Å². The van der Waals surface area contributed by atoms with Crippen molar-refractivity contribution in [1.82, 2.24) is 9.88 Å². The van der Waals surface area contributed by atoms with Crippen LogP contribution in [0.1, 0.15) is 27.8 Å². The lowest BCUT2D eigenvalue weighted by molar-refractivity contribution is -0.118. The molecule has 10 heteroatoms. The quantitative estimate of drug-likeness (QED) is 0.342. The number of para-hydroxylation sites is 1. The molecule has 0 spiro atoms. The molecular weight excluding hydrogens is 500 g/mol. The van der Waals surface area contributed by atoms with Crippen LogP contribution in [0.2, 0.25) is 0 Å². The molecule has 1 N–H and O–H groups in total. The largest absolute Gasteiger partial charge is 0.481 e. The highest BCUT2D eigenvalue weighted by Gasteiger charge is 2.24. The molecule has 0 aliphatic carbocycles. The van der Waals surface area contributed by atoms with Gasteiger partial charge in [0.15, 0.2) is 12.4 Å². The van der Waals surface area contributed by atoms with Gasteiger partial charge in [-0.25, -0.2) is 9.78 Å². The van der Waals surface area contributed by atoms with Gasteiger partial charge in [0, 0.05) is 37.3 Å². The molecule has 4 aromatic rings. The lowest BCUT2D eigenvalue weighted by atomic mass is 10.2. The Morgan fingerprint density at radius 2 is 1.74 bits per heavy atom. The minimum Gasteiger partial charge on any atom is -0.481 e. The van der Waals surface area contributed by atoms with E-state index in [9.17, 15) is 14.4 Å². The van der Waals surface area contributed by atoms with Crippen LogP contribution in [-0.4, -0.2) is 67.1 Å². The third-order valence-electron chi connectivity index (χ3n) is 6.33. The molecule has 1 aliphatic heterocycles. The maximum absolute atomic E-state index is 12.6. The number of furan rings is 1. The Kier molecular flexibility index (Phi) is 7.72.